The number of halogens is 1. The van der Waals surface area contributed by atoms with Gasteiger partial charge in [0.05, 0.1) is 5.92 Å². The van der Waals surface area contributed by atoms with Crippen LogP contribution >= 0.6 is 0 Å². The molecule has 2 atom stereocenters. The lowest BCUT2D eigenvalue weighted by Gasteiger charge is -2.19. The molecule has 0 saturated carbocycles. The van der Waals surface area contributed by atoms with Gasteiger partial charge >= 0.3 is 5.97 Å². The average molecular weight is 279 g/mol. The third-order valence-electron chi connectivity index (χ3n) is 3.79. The van der Waals surface area contributed by atoms with Crippen LogP contribution in [0.1, 0.15) is 31.2 Å². The van der Waals surface area contributed by atoms with Gasteiger partial charge in [0.1, 0.15) is 5.82 Å². The maximum atomic E-state index is 13.1. The molecule has 4 nitrogen and oxygen atoms in total. The molecule has 1 aromatic carbocycles. The summed E-state index contributed by atoms with van der Waals surface area (Å²) in [5, 5.41) is 8.92. The highest BCUT2D eigenvalue weighted by atomic mass is 19.1. The number of carboxylic acid groups (broad SMARTS) is 1. The van der Waals surface area contributed by atoms with Gasteiger partial charge in [-0.15, -0.1) is 0 Å². The largest absolute Gasteiger partial charge is 0.481 e. The van der Waals surface area contributed by atoms with E-state index in [1.165, 1.54) is 12.1 Å². The van der Waals surface area contributed by atoms with Gasteiger partial charge in [-0.2, -0.15) is 0 Å². The Morgan fingerprint density at radius 2 is 2.25 bits per heavy atom. The lowest BCUT2D eigenvalue weighted by Crippen LogP contribution is -2.30. The van der Waals surface area contributed by atoms with Gasteiger partial charge < -0.3 is 10.0 Å². The number of carbonyl (C=O) groups is 2. The summed E-state index contributed by atoms with van der Waals surface area (Å²) in [5.41, 5.74) is 0.785. The van der Waals surface area contributed by atoms with E-state index in [1.807, 2.05) is 6.92 Å². The van der Waals surface area contributed by atoms with E-state index in [0.717, 1.165) is 5.56 Å². The molecule has 2 rings (SSSR count). The van der Waals surface area contributed by atoms with E-state index in [2.05, 4.69) is 0 Å². The summed E-state index contributed by atoms with van der Waals surface area (Å²) in [6, 6.07) is 6.23. The van der Waals surface area contributed by atoms with Crippen LogP contribution in [0.5, 0.6) is 0 Å². The number of hydrogen-bond donors (Lipinski definition) is 1. The Hall–Kier alpha value is -1.91. The standard InChI is InChI=1S/C15H18FNO3/c1-10(11-3-2-4-13(16)8-11)7-14(18)17-6-5-12(9-17)15(19)20/h2-4,8,10,12H,5-7,9H2,1H3,(H,19,20)/t10-,12+/m1/s1. The van der Waals surface area contributed by atoms with E-state index >= 15 is 0 Å². The molecule has 0 spiro atoms. The third kappa shape index (κ3) is 3.35. The van der Waals surface area contributed by atoms with Crippen LogP contribution in [0.15, 0.2) is 24.3 Å². The van der Waals surface area contributed by atoms with Crippen LogP contribution in [0.25, 0.3) is 0 Å². The van der Waals surface area contributed by atoms with Crippen LogP contribution in [-0.4, -0.2) is 35.0 Å². The minimum atomic E-state index is -0.849. The summed E-state index contributed by atoms with van der Waals surface area (Å²) in [6.45, 7) is 2.65. The van der Waals surface area contributed by atoms with E-state index < -0.39 is 11.9 Å². The lowest BCUT2D eigenvalue weighted by atomic mass is 9.97. The normalized spacial score (nSPS) is 19.9. The molecule has 1 aromatic rings. The Morgan fingerprint density at radius 1 is 1.50 bits per heavy atom. The number of carbonyl (C=O) groups excluding carboxylic acids is 1. The smallest absolute Gasteiger partial charge is 0.308 e. The molecule has 0 radical (unpaired) electrons. The average Bonchev–Trinajstić information content (AvgIpc) is 2.88. The Morgan fingerprint density at radius 3 is 2.85 bits per heavy atom. The molecule has 1 fully saturated rings. The van der Waals surface area contributed by atoms with Crippen molar-refractivity contribution in [3.05, 3.63) is 35.6 Å². The molecule has 0 unspecified atom stereocenters. The highest BCUT2D eigenvalue weighted by Gasteiger charge is 2.31. The maximum absolute atomic E-state index is 13.1. The van der Waals surface area contributed by atoms with Crippen molar-refractivity contribution in [2.45, 2.75) is 25.7 Å². The van der Waals surface area contributed by atoms with Gasteiger partial charge in [-0.3, -0.25) is 9.59 Å². The fraction of sp³-hybridized carbons (Fsp3) is 0.467. The van der Waals surface area contributed by atoms with Gasteiger partial charge in [0.2, 0.25) is 5.91 Å². The molecule has 5 heteroatoms. The summed E-state index contributed by atoms with van der Waals surface area (Å²) >= 11 is 0. The van der Waals surface area contributed by atoms with Gasteiger partial charge in [0, 0.05) is 19.5 Å². The first-order valence-electron chi connectivity index (χ1n) is 6.73. The quantitative estimate of drug-likeness (QED) is 0.919. The van der Waals surface area contributed by atoms with Gasteiger partial charge in [-0.05, 0) is 30.0 Å². The molecule has 1 aliphatic heterocycles. The molecular formula is C15H18FNO3. The molecule has 0 bridgehead atoms. The van der Waals surface area contributed by atoms with E-state index in [-0.39, 0.29) is 30.6 Å². The maximum Gasteiger partial charge on any atom is 0.308 e. The fourth-order valence-corrected chi connectivity index (χ4v) is 2.51. The molecule has 20 heavy (non-hydrogen) atoms. The SMILES string of the molecule is C[C@H](CC(=O)N1CC[C@H](C(=O)O)C1)c1cccc(F)c1. The molecule has 1 saturated heterocycles. The first-order chi connectivity index (χ1) is 9.47. The second-order valence-corrected chi connectivity index (χ2v) is 5.32. The van der Waals surface area contributed by atoms with Crippen molar-refractivity contribution in [3.8, 4) is 0 Å². The number of amides is 1. The first-order valence-corrected chi connectivity index (χ1v) is 6.73. The number of nitrogens with zero attached hydrogens (tertiary/aromatic N) is 1. The second kappa shape index (κ2) is 6.03. The molecular weight excluding hydrogens is 261 g/mol. The van der Waals surface area contributed by atoms with Gasteiger partial charge in [0.15, 0.2) is 0 Å². The molecule has 1 N–H and O–H groups in total. The summed E-state index contributed by atoms with van der Waals surface area (Å²) < 4.78 is 13.1. The van der Waals surface area contributed by atoms with Crippen LogP contribution in [0.4, 0.5) is 4.39 Å². The van der Waals surface area contributed by atoms with Gasteiger partial charge in [-0.1, -0.05) is 19.1 Å². The van der Waals surface area contributed by atoms with Crippen molar-refractivity contribution in [1.82, 2.24) is 4.90 Å². The zero-order chi connectivity index (χ0) is 14.7. The van der Waals surface area contributed by atoms with Crippen molar-refractivity contribution in [3.63, 3.8) is 0 Å². The number of likely N-dealkylation sites (tertiary alicyclic amines) is 1. The summed E-state index contributed by atoms with van der Waals surface area (Å²) in [5.74, 6) is -1.76. The highest BCUT2D eigenvalue weighted by Crippen LogP contribution is 2.23. The van der Waals surface area contributed by atoms with Crippen molar-refractivity contribution in [1.29, 1.82) is 0 Å². The van der Waals surface area contributed by atoms with Crippen molar-refractivity contribution >= 4 is 11.9 Å². The van der Waals surface area contributed by atoms with Crippen LogP contribution in [0, 0.1) is 11.7 Å². The zero-order valence-corrected chi connectivity index (χ0v) is 11.4. The van der Waals surface area contributed by atoms with E-state index in [9.17, 15) is 14.0 Å². The fourth-order valence-electron chi connectivity index (χ4n) is 2.51. The summed E-state index contributed by atoms with van der Waals surface area (Å²) in [7, 11) is 0. The number of hydrogen-bond acceptors (Lipinski definition) is 2. The monoisotopic (exact) mass is 279 g/mol. The van der Waals surface area contributed by atoms with Crippen molar-refractivity contribution in [2.75, 3.05) is 13.1 Å². The number of benzene rings is 1. The topological polar surface area (TPSA) is 57.6 Å². The summed E-state index contributed by atoms with van der Waals surface area (Å²) in [6.07, 6.45) is 0.783. The Bertz CT molecular complexity index is 518. The van der Waals surface area contributed by atoms with Gasteiger partial charge in [0.25, 0.3) is 0 Å². The number of aliphatic carboxylic acids is 1. The predicted molar refractivity (Wildman–Crippen MR) is 71.8 cm³/mol. The molecule has 0 aliphatic carbocycles. The van der Waals surface area contributed by atoms with Gasteiger partial charge in [-0.25, -0.2) is 4.39 Å². The van der Waals surface area contributed by atoms with Crippen molar-refractivity contribution in [2.24, 2.45) is 5.92 Å². The Kier molecular flexibility index (Phi) is 4.37. The number of rotatable bonds is 4. The molecule has 1 aliphatic rings. The lowest BCUT2D eigenvalue weighted by molar-refractivity contribution is -0.141. The van der Waals surface area contributed by atoms with Crippen LogP contribution in [-0.2, 0) is 9.59 Å². The second-order valence-electron chi connectivity index (χ2n) is 5.32. The van der Waals surface area contributed by atoms with Crippen LogP contribution < -0.4 is 0 Å². The van der Waals surface area contributed by atoms with Crippen LogP contribution in [0.2, 0.25) is 0 Å². The molecule has 0 aromatic heterocycles. The first kappa shape index (κ1) is 14.5. The summed E-state index contributed by atoms with van der Waals surface area (Å²) in [4.78, 5) is 24.6. The molecule has 108 valence electrons. The van der Waals surface area contributed by atoms with E-state index in [1.54, 1.807) is 17.0 Å². The van der Waals surface area contributed by atoms with Crippen molar-refractivity contribution < 1.29 is 19.1 Å². The predicted octanol–water partition coefficient (Wildman–Crippen LogP) is 2.25. The minimum Gasteiger partial charge on any atom is -0.481 e. The zero-order valence-electron chi connectivity index (χ0n) is 11.4. The minimum absolute atomic E-state index is 0.0643. The van der Waals surface area contributed by atoms with E-state index in [0.29, 0.717) is 13.0 Å². The van der Waals surface area contributed by atoms with E-state index in [4.69, 9.17) is 5.11 Å². The third-order valence-corrected chi connectivity index (χ3v) is 3.79. The molecule has 1 heterocycles. The number of carboxylic acids is 1. The Balaban J connectivity index is 1.93. The highest BCUT2D eigenvalue weighted by molar-refractivity contribution is 5.79. The van der Waals surface area contributed by atoms with Crippen LogP contribution in [0.3, 0.4) is 0 Å². The Labute approximate surface area is 117 Å². The molecule has 1 amide bonds.